The van der Waals surface area contributed by atoms with E-state index < -0.39 is 5.82 Å². The second-order valence-electron chi connectivity index (χ2n) is 3.46. The predicted molar refractivity (Wildman–Crippen MR) is 64.9 cm³/mol. The molecule has 0 heterocycles. The molecule has 1 rings (SSSR count). The lowest BCUT2D eigenvalue weighted by molar-refractivity contribution is 0.252. The highest BCUT2D eigenvalue weighted by molar-refractivity contribution is 5.89. The zero-order chi connectivity index (χ0) is 12.7. The summed E-state index contributed by atoms with van der Waals surface area (Å²) in [5.41, 5.74) is 0.402. The molecule has 2 N–H and O–H groups in total. The summed E-state index contributed by atoms with van der Waals surface area (Å²) in [7, 11) is 0. The van der Waals surface area contributed by atoms with E-state index in [-0.39, 0.29) is 11.8 Å². The van der Waals surface area contributed by atoms with E-state index in [1.54, 1.807) is 13.0 Å². The standard InChI is InChI=1S/C12H17FN2O2/c1-3-7-14-12(16)15-9-5-6-11(17-4-2)10(13)8-9/h5-6,8H,3-4,7H2,1-2H3,(H2,14,15,16). The van der Waals surface area contributed by atoms with Crippen molar-refractivity contribution in [2.75, 3.05) is 18.5 Å². The monoisotopic (exact) mass is 240 g/mol. The topological polar surface area (TPSA) is 50.4 Å². The largest absolute Gasteiger partial charge is 0.491 e. The Labute approximate surface area is 100 Å². The first kappa shape index (κ1) is 13.3. The third-order valence-corrected chi connectivity index (χ3v) is 2.03. The number of ether oxygens (including phenoxy) is 1. The average molecular weight is 240 g/mol. The van der Waals surface area contributed by atoms with Gasteiger partial charge in [-0.1, -0.05) is 6.92 Å². The van der Waals surface area contributed by atoms with Crippen LogP contribution in [0.5, 0.6) is 5.75 Å². The van der Waals surface area contributed by atoms with Crippen molar-refractivity contribution in [3.63, 3.8) is 0 Å². The minimum atomic E-state index is -0.486. The molecule has 0 aliphatic rings. The van der Waals surface area contributed by atoms with E-state index in [0.29, 0.717) is 18.8 Å². The molecule has 0 unspecified atom stereocenters. The van der Waals surface area contributed by atoms with Crippen LogP contribution in [-0.4, -0.2) is 19.2 Å². The van der Waals surface area contributed by atoms with E-state index in [9.17, 15) is 9.18 Å². The maximum absolute atomic E-state index is 13.4. The van der Waals surface area contributed by atoms with Crippen molar-refractivity contribution >= 4 is 11.7 Å². The van der Waals surface area contributed by atoms with Gasteiger partial charge in [-0.2, -0.15) is 0 Å². The SMILES string of the molecule is CCCNC(=O)Nc1ccc(OCC)c(F)c1. The van der Waals surface area contributed by atoms with Crippen LogP contribution in [0.25, 0.3) is 0 Å². The van der Waals surface area contributed by atoms with Gasteiger partial charge in [-0.05, 0) is 25.5 Å². The van der Waals surface area contributed by atoms with Gasteiger partial charge >= 0.3 is 6.03 Å². The Morgan fingerprint density at radius 1 is 1.41 bits per heavy atom. The molecule has 0 saturated heterocycles. The van der Waals surface area contributed by atoms with Crippen LogP contribution in [0.4, 0.5) is 14.9 Å². The summed E-state index contributed by atoms with van der Waals surface area (Å²) in [4.78, 5) is 11.3. The van der Waals surface area contributed by atoms with Gasteiger partial charge in [0, 0.05) is 18.3 Å². The number of carbonyl (C=O) groups excluding carboxylic acids is 1. The van der Waals surface area contributed by atoms with Crippen molar-refractivity contribution in [3.05, 3.63) is 24.0 Å². The van der Waals surface area contributed by atoms with Crippen LogP contribution in [0.3, 0.4) is 0 Å². The molecular formula is C12H17FN2O2. The van der Waals surface area contributed by atoms with Crippen molar-refractivity contribution in [3.8, 4) is 5.75 Å². The summed E-state index contributed by atoms with van der Waals surface area (Å²) in [5, 5.41) is 5.18. The second kappa shape index (κ2) is 6.73. The molecule has 0 aliphatic carbocycles. The van der Waals surface area contributed by atoms with Crippen LogP contribution in [0.2, 0.25) is 0 Å². The zero-order valence-corrected chi connectivity index (χ0v) is 10.0. The lowest BCUT2D eigenvalue weighted by atomic mass is 10.3. The van der Waals surface area contributed by atoms with Crippen molar-refractivity contribution in [2.24, 2.45) is 0 Å². The molecule has 0 spiro atoms. The van der Waals surface area contributed by atoms with Crippen LogP contribution in [0, 0.1) is 5.82 Å². The van der Waals surface area contributed by atoms with Gasteiger partial charge in [0.15, 0.2) is 11.6 Å². The van der Waals surface area contributed by atoms with E-state index in [4.69, 9.17) is 4.74 Å². The van der Waals surface area contributed by atoms with Crippen LogP contribution in [0.15, 0.2) is 18.2 Å². The van der Waals surface area contributed by atoms with Crippen LogP contribution in [-0.2, 0) is 0 Å². The molecule has 5 heteroatoms. The molecule has 1 aromatic carbocycles. The fourth-order valence-corrected chi connectivity index (χ4v) is 1.26. The Balaban J connectivity index is 2.60. The molecule has 4 nitrogen and oxygen atoms in total. The molecule has 0 bridgehead atoms. The Kier molecular flexibility index (Phi) is 5.26. The number of urea groups is 1. The number of anilines is 1. The van der Waals surface area contributed by atoms with Gasteiger partial charge in [0.1, 0.15) is 0 Å². The van der Waals surface area contributed by atoms with Gasteiger partial charge in [-0.3, -0.25) is 0 Å². The van der Waals surface area contributed by atoms with Crippen molar-refractivity contribution in [1.82, 2.24) is 5.32 Å². The fourth-order valence-electron chi connectivity index (χ4n) is 1.26. The lowest BCUT2D eigenvalue weighted by Crippen LogP contribution is -2.29. The first-order valence-corrected chi connectivity index (χ1v) is 5.64. The zero-order valence-electron chi connectivity index (χ0n) is 10.0. The van der Waals surface area contributed by atoms with E-state index in [2.05, 4.69) is 10.6 Å². The summed E-state index contributed by atoms with van der Waals surface area (Å²) >= 11 is 0. The minimum Gasteiger partial charge on any atom is -0.491 e. The van der Waals surface area contributed by atoms with Gasteiger partial charge < -0.3 is 15.4 Å². The molecule has 1 aromatic rings. The smallest absolute Gasteiger partial charge is 0.319 e. The van der Waals surface area contributed by atoms with Gasteiger partial charge in [-0.25, -0.2) is 9.18 Å². The van der Waals surface area contributed by atoms with E-state index in [1.807, 2.05) is 6.92 Å². The molecule has 0 fully saturated rings. The summed E-state index contributed by atoms with van der Waals surface area (Å²) in [5.74, 6) is -0.299. The molecule has 0 radical (unpaired) electrons. The fraction of sp³-hybridized carbons (Fsp3) is 0.417. The first-order chi connectivity index (χ1) is 8.17. The van der Waals surface area contributed by atoms with Crippen LogP contribution >= 0.6 is 0 Å². The summed E-state index contributed by atoms with van der Waals surface area (Å²) < 4.78 is 18.5. The second-order valence-corrected chi connectivity index (χ2v) is 3.46. The highest BCUT2D eigenvalue weighted by Crippen LogP contribution is 2.20. The summed E-state index contributed by atoms with van der Waals surface area (Å²) in [6.45, 7) is 4.73. The maximum atomic E-state index is 13.4. The van der Waals surface area contributed by atoms with Crippen LogP contribution in [0.1, 0.15) is 20.3 Å². The minimum absolute atomic E-state index is 0.187. The Bertz CT molecular complexity index is 383. The van der Waals surface area contributed by atoms with Crippen LogP contribution < -0.4 is 15.4 Å². The number of hydrogen-bond donors (Lipinski definition) is 2. The molecular weight excluding hydrogens is 223 g/mol. The third-order valence-electron chi connectivity index (χ3n) is 2.03. The Morgan fingerprint density at radius 3 is 2.76 bits per heavy atom. The molecule has 0 aliphatic heterocycles. The number of carbonyl (C=O) groups is 1. The van der Waals surface area contributed by atoms with Gasteiger partial charge in [0.25, 0.3) is 0 Å². The van der Waals surface area contributed by atoms with Crippen molar-refractivity contribution in [1.29, 1.82) is 0 Å². The molecule has 2 amide bonds. The molecule has 0 aromatic heterocycles. The number of nitrogens with one attached hydrogen (secondary N) is 2. The number of halogens is 1. The lowest BCUT2D eigenvalue weighted by Gasteiger charge is -2.09. The Morgan fingerprint density at radius 2 is 2.18 bits per heavy atom. The number of amides is 2. The van der Waals surface area contributed by atoms with Gasteiger partial charge in [-0.15, -0.1) is 0 Å². The Hall–Kier alpha value is -1.78. The van der Waals surface area contributed by atoms with Gasteiger partial charge in [0.2, 0.25) is 0 Å². The van der Waals surface area contributed by atoms with E-state index >= 15 is 0 Å². The maximum Gasteiger partial charge on any atom is 0.319 e. The predicted octanol–water partition coefficient (Wildman–Crippen LogP) is 2.76. The average Bonchev–Trinajstić information content (AvgIpc) is 2.30. The molecule has 0 saturated carbocycles. The highest BCUT2D eigenvalue weighted by Gasteiger charge is 2.06. The number of benzene rings is 1. The summed E-state index contributed by atoms with van der Waals surface area (Å²) in [6, 6.07) is 3.99. The quantitative estimate of drug-likeness (QED) is 0.831. The molecule has 0 atom stereocenters. The van der Waals surface area contributed by atoms with E-state index in [1.165, 1.54) is 12.1 Å². The highest BCUT2D eigenvalue weighted by atomic mass is 19.1. The van der Waals surface area contributed by atoms with Crippen molar-refractivity contribution < 1.29 is 13.9 Å². The number of hydrogen-bond acceptors (Lipinski definition) is 2. The third kappa shape index (κ3) is 4.30. The number of rotatable bonds is 5. The first-order valence-electron chi connectivity index (χ1n) is 5.64. The normalized spacial score (nSPS) is 9.82. The molecule has 17 heavy (non-hydrogen) atoms. The summed E-state index contributed by atoms with van der Waals surface area (Å²) in [6.07, 6.45) is 0.852. The van der Waals surface area contributed by atoms with Gasteiger partial charge in [0.05, 0.1) is 6.61 Å². The molecule has 94 valence electrons. The van der Waals surface area contributed by atoms with Crippen molar-refractivity contribution in [2.45, 2.75) is 20.3 Å². The van der Waals surface area contributed by atoms with E-state index in [0.717, 1.165) is 6.42 Å².